The van der Waals surface area contributed by atoms with Gasteiger partial charge in [-0.3, -0.25) is 0 Å². The van der Waals surface area contributed by atoms with Gasteiger partial charge in [-0.25, -0.2) is 0 Å². The van der Waals surface area contributed by atoms with E-state index in [1.54, 1.807) is 0 Å². The second kappa shape index (κ2) is 11.0. The van der Waals surface area contributed by atoms with Crippen LogP contribution in [0, 0.1) is 0 Å². The SMILES string of the molecule is c1ccc(-c2ccc(-n3c4ccccc4c4cc5c6ccccc6n(-c6ccccc6-c6ccc7sc8ccccc8c7c6)c5cc43)cc2)cc1. The predicted molar refractivity (Wildman–Crippen MR) is 219 cm³/mol. The van der Waals surface area contributed by atoms with Crippen LogP contribution < -0.4 is 0 Å². The largest absolute Gasteiger partial charge is 0.309 e. The standard InChI is InChI=1S/C48H30N2S/c1-2-12-31(13-3-1)32-22-25-34(26-23-32)49-43-19-9-5-15-36(43)39-29-40-37-16-6-10-20-44(37)50(46(40)30-45(39)49)42-18-8-4-14-35(42)33-24-27-48-41(28-33)38-17-7-11-21-47(38)51-48/h1-30H. The highest BCUT2D eigenvalue weighted by Gasteiger charge is 2.20. The molecule has 3 heterocycles. The topological polar surface area (TPSA) is 9.86 Å². The predicted octanol–water partition coefficient (Wildman–Crippen LogP) is 13.6. The van der Waals surface area contributed by atoms with Gasteiger partial charge >= 0.3 is 0 Å². The Morgan fingerprint density at radius 1 is 0.314 bits per heavy atom. The minimum atomic E-state index is 1.15. The maximum absolute atomic E-state index is 2.48. The minimum Gasteiger partial charge on any atom is -0.309 e. The lowest BCUT2D eigenvalue weighted by atomic mass is 10.0. The lowest BCUT2D eigenvalue weighted by Crippen LogP contribution is -1.98. The van der Waals surface area contributed by atoms with Gasteiger partial charge in [0.25, 0.3) is 0 Å². The fraction of sp³-hybridized carbons (Fsp3) is 0. The molecule has 0 saturated heterocycles. The van der Waals surface area contributed by atoms with Gasteiger partial charge in [-0.1, -0.05) is 121 Å². The molecular weight excluding hydrogens is 637 g/mol. The van der Waals surface area contributed by atoms with Gasteiger partial charge in [0.2, 0.25) is 0 Å². The quantitative estimate of drug-likeness (QED) is 0.177. The van der Waals surface area contributed by atoms with Crippen molar-refractivity contribution >= 4 is 75.1 Å². The van der Waals surface area contributed by atoms with Crippen LogP contribution in [0.5, 0.6) is 0 Å². The van der Waals surface area contributed by atoms with Gasteiger partial charge in [0.1, 0.15) is 0 Å². The van der Waals surface area contributed by atoms with Crippen molar-refractivity contribution < 1.29 is 0 Å². The van der Waals surface area contributed by atoms with Crippen molar-refractivity contribution in [3.63, 3.8) is 0 Å². The van der Waals surface area contributed by atoms with Gasteiger partial charge < -0.3 is 9.13 Å². The average molecular weight is 667 g/mol. The molecule has 11 rings (SSSR count). The number of aromatic nitrogens is 2. The van der Waals surface area contributed by atoms with Crippen molar-refractivity contribution in [1.82, 2.24) is 9.13 Å². The Kier molecular flexibility index (Phi) is 6.16. The van der Waals surface area contributed by atoms with E-state index in [2.05, 4.69) is 191 Å². The maximum Gasteiger partial charge on any atom is 0.0562 e. The molecule has 51 heavy (non-hydrogen) atoms. The summed E-state index contributed by atoms with van der Waals surface area (Å²) in [4.78, 5) is 0. The molecule has 0 aliphatic rings. The van der Waals surface area contributed by atoms with Crippen LogP contribution in [0.15, 0.2) is 182 Å². The normalized spacial score (nSPS) is 11.9. The molecule has 8 aromatic carbocycles. The molecule has 0 radical (unpaired) electrons. The Balaban J connectivity index is 1.18. The molecule has 0 spiro atoms. The lowest BCUT2D eigenvalue weighted by molar-refractivity contribution is 1.17. The van der Waals surface area contributed by atoms with Crippen LogP contribution in [0.4, 0.5) is 0 Å². The molecule has 0 unspecified atom stereocenters. The molecule has 0 N–H and O–H groups in total. The van der Waals surface area contributed by atoms with Crippen LogP contribution in [-0.2, 0) is 0 Å². The van der Waals surface area contributed by atoms with Crippen LogP contribution in [0.25, 0.3) is 97.4 Å². The second-order valence-electron chi connectivity index (χ2n) is 13.3. The van der Waals surface area contributed by atoms with E-state index >= 15 is 0 Å². The maximum atomic E-state index is 2.48. The number of hydrogen-bond acceptors (Lipinski definition) is 1. The molecule has 0 bridgehead atoms. The van der Waals surface area contributed by atoms with E-state index in [4.69, 9.17) is 0 Å². The molecule has 0 atom stereocenters. The average Bonchev–Trinajstić information content (AvgIpc) is 3.84. The molecule has 2 nitrogen and oxygen atoms in total. The Morgan fingerprint density at radius 2 is 0.882 bits per heavy atom. The minimum absolute atomic E-state index is 1.15. The van der Waals surface area contributed by atoms with Crippen molar-refractivity contribution in [3.05, 3.63) is 182 Å². The molecule has 0 aliphatic heterocycles. The number of hydrogen-bond donors (Lipinski definition) is 0. The van der Waals surface area contributed by atoms with E-state index < -0.39 is 0 Å². The zero-order chi connectivity index (χ0) is 33.5. The summed E-state index contributed by atoms with van der Waals surface area (Å²) in [6.07, 6.45) is 0. The molecule has 3 aromatic heterocycles. The summed E-state index contributed by atoms with van der Waals surface area (Å²) in [7, 11) is 0. The van der Waals surface area contributed by atoms with Gasteiger partial charge in [-0.2, -0.15) is 0 Å². The highest BCUT2D eigenvalue weighted by molar-refractivity contribution is 7.25. The molecule has 0 fully saturated rings. The first-order chi connectivity index (χ1) is 25.3. The molecular formula is C48H30N2S. The van der Waals surface area contributed by atoms with Crippen LogP contribution in [0.3, 0.4) is 0 Å². The van der Waals surface area contributed by atoms with E-state index in [1.807, 2.05) is 11.3 Å². The Labute approximate surface area is 298 Å². The number of para-hydroxylation sites is 3. The van der Waals surface area contributed by atoms with Crippen molar-refractivity contribution in [2.75, 3.05) is 0 Å². The number of nitrogens with zero attached hydrogens (tertiary/aromatic N) is 2. The fourth-order valence-corrected chi connectivity index (χ4v) is 9.30. The summed E-state index contributed by atoms with van der Waals surface area (Å²) in [5, 5.41) is 7.67. The number of benzene rings is 8. The van der Waals surface area contributed by atoms with Crippen LogP contribution in [0.2, 0.25) is 0 Å². The summed E-state index contributed by atoms with van der Waals surface area (Å²) in [6, 6.07) is 66.7. The molecule has 3 heteroatoms. The third-order valence-corrected chi connectivity index (χ3v) is 11.7. The van der Waals surface area contributed by atoms with Crippen LogP contribution >= 0.6 is 11.3 Å². The molecule has 11 aromatic rings. The van der Waals surface area contributed by atoms with Gasteiger partial charge in [-0.15, -0.1) is 11.3 Å². The zero-order valence-electron chi connectivity index (χ0n) is 27.6. The van der Waals surface area contributed by atoms with E-state index in [0.29, 0.717) is 0 Å². The zero-order valence-corrected chi connectivity index (χ0v) is 28.4. The summed E-state index contributed by atoms with van der Waals surface area (Å²) >= 11 is 1.87. The number of fused-ring (bicyclic) bond motifs is 9. The Bertz CT molecular complexity index is 3120. The van der Waals surface area contributed by atoms with Crippen molar-refractivity contribution in [2.24, 2.45) is 0 Å². The van der Waals surface area contributed by atoms with E-state index in [-0.39, 0.29) is 0 Å². The third-order valence-electron chi connectivity index (χ3n) is 10.5. The Hall–Kier alpha value is -6.42. The van der Waals surface area contributed by atoms with Crippen molar-refractivity contribution in [2.45, 2.75) is 0 Å². The first-order valence-corrected chi connectivity index (χ1v) is 18.3. The smallest absolute Gasteiger partial charge is 0.0562 e. The fourth-order valence-electron chi connectivity index (χ4n) is 8.21. The van der Waals surface area contributed by atoms with Gasteiger partial charge in [0, 0.05) is 53.0 Å². The monoisotopic (exact) mass is 666 g/mol. The Morgan fingerprint density at radius 3 is 1.67 bits per heavy atom. The van der Waals surface area contributed by atoms with Gasteiger partial charge in [-0.05, 0) is 77.4 Å². The van der Waals surface area contributed by atoms with Crippen LogP contribution in [0.1, 0.15) is 0 Å². The first-order valence-electron chi connectivity index (χ1n) is 17.4. The molecule has 0 saturated carbocycles. The summed E-state index contributed by atoms with van der Waals surface area (Å²) in [5.74, 6) is 0. The highest BCUT2D eigenvalue weighted by atomic mass is 32.1. The molecule has 238 valence electrons. The van der Waals surface area contributed by atoms with Crippen molar-refractivity contribution in [3.8, 4) is 33.6 Å². The summed E-state index contributed by atoms with van der Waals surface area (Å²) in [6.45, 7) is 0. The van der Waals surface area contributed by atoms with Gasteiger partial charge in [0.05, 0.1) is 27.8 Å². The first kappa shape index (κ1) is 28.4. The number of thiophene rings is 1. The van der Waals surface area contributed by atoms with E-state index in [0.717, 1.165) is 5.69 Å². The lowest BCUT2D eigenvalue weighted by Gasteiger charge is -2.15. The number of rotatable bonds is 4. The molecule has 0 amide bonds. The van der Waals surface area contributed by atoms with Crippen molar-refractivity contribution in [1.29, 1.82) is 0 Å². The third kappa shape index (κ3) is 4.29. The van der Waals surface area contributed by atoms with Crippen LogP contribution in [-0.4, -0.2) is 9.13 Å². The van der Waals surface area contributed by atoms with E-state index in [1.165, 1.54) is 91.7 Å². The second-order valence-corrected chi connectivity index (χ2v) is 14.4. The summed E-state index contributed by atoms with van der Waals surface area (Å²) in [5.41, 5.74) is 12.0. The summed E-state index contributed by atoms with van der Waals surface area (Å²) < 4.78 is 7.56. The van der Waals surface area contributed by atoms with E-state index in [9.17, 15) is 0 Å². The highest BCUT2D eigenvalue weighted by Crippen LogP contribution is 2.42. The molecule has 0 aliphatic carbocycles. The van der Waals surface area contributed by atoms with Gasteiger partial charge in [0.15, 0.2) is 0 Å².